The minimum atomic E-state index is -1.13. The lowest BCUT2D eigenvalue weighted by molar-refractivity contribution is 0.0665. The normalized spacial score (nSPS) is 10.6. The third-order valence-electron chi connectivity index (χ3n) is 1.77. The van der Waals surface area contributed by atoms with E-state index in [1.807, 2.05) is 0 Å². The van der Waals surface area contributed by atoms with Crippen molar-refractivity contribution in [2.24, 2.45) is 0 Å². The Hall–Kier alpha value is -1.49. The van der Waals surface area contributed by atoms with E-state index >= 15 is 0 Å². The molecule has 0 aliphatic rings. The van der Waals surface area contributed by atoms with Crippen LogP contribution < -0.4 is 0 Å². The lowest BCUT2D eigenvalue weighted by atomic mass is 10.2. The Labute approximate surface area is 86.9 Å². The third-order valence-corrected chi connectivity index (χ3v) is 2.36. The van der Waals surface area contributed by atoms with Crippen LogP contribution >= 0.6 is 15.9 Å². The van der Waals surface area contributed by atoms with Crippen molar-refractivity contribution >= 4 is 32.9 Å². The average Bonchev–Trinajstić information content (AvgIpc) is 2.47. The number of carbonyl (C=O) groups is 1. The molecule has 1 heterocycles. The Bertz CT molecular complexity index is 515. The van der Waals surface area contributed by atoms with Crippen LogP contribution in [-0.2, 0) is 0 Å². The van der Waals surface area contributed by atoms with Gasteiger partial charge in [-0.15, -0.1) is 0 Å². The van der Waals surface area contributed by atoms with Crippen molar-refractivity contribution in [3.8, 4) is 5.75 Å². The summed E-state index contributed by atoms with van der Waals surface area (Å²) < 4.78 is 5.59. The Morgan fingerprint density at radius 2 is 2.07 bits per heavy atom. The molecule has 0 atom stereocenters. The van der Waals surface area contributed by atoms with Gasteiger partial charge in [0.1, 0.15) is 11.3 Å². The Morgan fingerprint density at radius 3 is 2.71 bits per heavy atom. The van der Waals surface area contributed by atoms with Crippen molar-refractivity contribution < 1.29 is 19.4 Å². The van der Waals surface area contributed by atoms with Gasteiger partial charge >= 0.3 is 5.97 Å². The highest BCUT2D eigenvalue weighted by molar-refractivity contribution is 9.10. The molecule has 2 aromatic rings. The van der Waals surface area contributed by atoms with Crippen LogP contribution in [0.15, 0.2) is 27.1 Å². The van der Waals surface area contributed by atoms with E-state index in [0.717, 1.165) is 0 Å². The van der Waals surface area contributed by atoms with Gasteiger partial charge in [-0.2, -0.15) is 0 Å². The van der Waals surface area contributed by atoms with Crippen molar-refractivity contribution in [1.82, 2.24) is 0 Å². The highest BCUT2D eigenvalue weighted by Gasteiger charge is 2.13. The van der Waals surface area contributed by atoms with Gasteiger partial charge in [0.25, 0.3) is 0 Å². The number of aromatic carboxylic acids is 1. The summed E-state index contributed by atoms with van der Waals surface area (Å²) in [6.45, 7) is 0. The molecule has 4 nitrogen and oxygen atoms in total. The van der Waals surface area contributed by atoms with E-state index in [1.165, 1.54) is 18.2 Å². The van der Waals surface area contributed by atoms with Gasteiger partial charge in [0.05, 0.1) is 4.47 Å². The molecule has 0 saturated heterocycles. The molecule has 0 unspecified atom stereocenters. The predicted molar refractivity (Wildman–Crippen MR) is 52.5 cm³/mol. The molecular formula is C9H5BrO4. The molecule has 1 aromatic heterocycles. The summed E-state index contributed by atoms with van der Waals surface area (Å²) >= 11 is 3.16. The zero-order valence-corrected chi connectivity index (χ0v) is 8.41. The number of rotatable bonds is 1. The Morgan fingerprint density at radius 1 is 1.36 bits per heavy atom. The van der Waals surface area contributed by atoms with Gasteiger partial charge in [-0.3, -0.25) is 0 Å². The van der Waals surface area contributed by atoms with Gasteiger partial charge in [0.15, 0.2) is 0 Å². The van der Waals surface area contributed by atoms with Crippen LogP contribution in [0.4, 0.5) is 0 Å². The lowest BCUT2D eigenvalue weighted by Crippen LogP contribution is -1.91. The molecule has 0 aliphatic heterocycles. The summed E-state index contributed by atoms with van der Waals surface area (Å²) in [4.78, 5) is 10.6. The monoisotopic (exact) mass is 256 g/mol. The largest absolute Gasteiger partial charge is 0.508 e. The Balaban J connectivity index is 2.76. The summed E-state index contributed by atoms with van der Waals surface area (Å²) in [7, 11) is 0. The van der Waals surface area contributed by atoms with Crippen molar-refractivity contribution in [2.45, 2.75) is 0 Å². The van der Waals surface area contributed by atoms with Crippen LogP contribution in [0.25, 0.3) is 11.0 Å². The van der Waals surface area contributed by atoms with Crippen LogP contribution in [0.2, 0.25) is 0 Å². The number of fused-ring (bicyclic) bond motifs is 1. The molecule has 2 rings (SSSR count). The number of hydrogen-bond acceptors (Lipinski definition) is 3. The molecule has 0 fully saturated rings. The topological polar surface area (TPSA) is 70.7 Å². The van der Waals surface area contributed by atoms with Crippen LogP contribution in [0, 0.1) is 0 Å². The first kappa shape index (κ1) is 9.08. The second-order valence-corrected chi connectivity index (χ2v) is 3.62. The standard InChI is InChI=1S/C9H5BrO4/c10-6-3-5(11)1-4-2-7(9(12)13)14-8(4)6/h1-3,11H,(H,12,13). The smallest absolute Gasteiger partial charge is 0.371 e. The summed E-state index contributed by atoms with van der Waals surface area (Å²) in [5, 5.41) is 18.5. The fraction of sp³-hybridized carbons (Fsp3) is 0. The van der Waals surface area contributed by atoms with Gasteiger partial charge < -0.3 is 14.6 Å². The summed E-state index contributed by atoms with van der Waals surface area (Å²) in [5.41, 5.74) is 0.417. The van der Waals surface area contributed by atoms with E-state index in [2.05, 4.69) is 15.9 Å². The minimum Gasteiger partial charge on any atom is -0.508 e. The fourth-order valence-corrected chi connectivity index (χ4v) is 1.75. The van der Waals surface area contributed by atoms with Crippen LogP contribution in [0.1, 0.15) is 10.6 Å². The number of phenolic OH excluding ortho intramolecular Hbond substituents is 1. The van der Waals surface area contributed by atoms with E-state index in [-0.39, 0.29) is 11.5 Å². The first-order valence-electron chi connectivity index (χ1n) is 3.73. The predicted octanol–water partition coefficient (Wildman–Crippen LogP) is 2.60. The highest BCUT2D eigenvalue weighted by atomic mass is 79.9. The molecule has 14 heavy (non-hydrogen) atoms. The van der Waals surface area contributed by atoms with Gasteiger partial charge in [0, 0.05) is 5.39 Å². The number of phenols is 1. The number of benzene rings is 1. The van der Waals surface area contributed by atoms with Crippen molar-refractivity contribution in [1.29, 1.82) is 0 Å². The Kier molecular flexibility index (Phi) is 1.96. The number of carboxylic acids is 1. The van der Waals surface area contributed by atoms with Crippen molar-refractivity contribution in [2.75, 3.05) is 0 Å². The lowest BCUT2D eigenvalue weighted by Gasteiger charge is -1.93. The minimum absolute atomic E-state index is 0.0575. The van der Waals surface area contributed by atoms with Gasteiger partial charge in [-0.05, 0) is 34.1 Å². The summed E-state index contributed by atoms with van der Waals surface area (Å²) in [6.07, 6.45) is 0. The second-order valence-electron chi connectivity index (χ2n) is 2.76. The van der Waals surface area contributed by atoms with Crippen LogP contribution in [0.5, 0.6) is 5.75 Å². The molecule has 72 valence electrons. The van der Waals surface area contributed by atoms with Crippen molar-refractivity contribution in [3.05, 3.63) is 28.4 Å². The molecular weight excluding hydrogens is 252 g/mol. The molecule has 5 heteroatoms. The zero-order valence-electron chi connectivity index (χ0n) is 6.82. The molecule has 0 aliphatic carbocycles. The molecule has 0 radical (unpaired) electrons. The van der Waals surface area contributed by atoms with E-state index in [1.54, 1.807) is 0 Å². The number of aromatic hydroxyl groups is 1. The third kappa shape index (κ3) is 1.35. The van der Waals surface area contributed by atoms with E-state index in [9.17, 15) is 9.90 Å². The molecule has 0 saturated carbocycles. The molecule has 2 N–H and O–H groups in total. The summed E-state index contributed by atoms with van der Waals surface area (Å²) in [5.74, 6) is -1.22. The number of furan rings is 1. The average molecular weight is 257 g/mol. The molecule has 0 spiro atoms. The van der Waals surface area contributed by atoms with E-state index in [0.29, 0.717) is 15.4 Å². The van der Waals surface area contributed by atoms with Gasteiger partial charge in [-0.1, -0.05) is 0 Å². The zero-order chi connectivity index (χ0) is 10.3. The van der Waals surface area contributed by atoms with Gasteiger partial charge in [0.2, 0.25) is 5.76 Å². The van der Waals surface area contributed by atoms with Crippen molar-refractivity contribution in [3.63, 3.8) is 0 Å². The van der Waals surface area contributed by atoms with Gasteiger partial charge in [-0.25, -0.2) is 4.79 Å². The SMILES string of the molecule is O=C(O)c1cc2cc(O)cc(Br)c2o1. The number of halogens is 1. The first-order chi connectivity index (χ1) is 6.58. The van der Waals surface area contributed by atoms with E-state index in [4.69, 9.17) is 9.52 Å². The van der Waals surface area contributed by atoms with E-state index < -0.39 is 5.97 Å². The maximum absolute atomic E-state index is 10.6. The first-order valence-corrected chi connectivity index (χ1v) is 4.52. The van der Waals surface area contributed by atoms with Crippen LogP contribution in [-0.4, -0.2) is 16.2 Å². The molecule has 0 amide bonds. The fourth-order valence-electron chi connectivity index (χ4n) is 1.20. The maximum Gasteiger partial charge on any atom is 0.371 e. The highest BCUT2D eigenvalue weighted by Crippen LogP contribution is 2.31. The second kappa shape index (κ2) is 3.02. The number of hydrogen-bond donors (Lipinski definition) is 2. The molecule has 1 aromatic carbocycles. The number of carboxylic acid groups (broad SMARTS) is 1. The quantitative estimate of drug-likeness (QED) is 0.823. The maximum atomic E-state index is 10.6. The van der Waals surface area contributed by atoms with Crippen LogP contribution in [0.3, 0.4) is 0 Å². The summed E-state index contributed by atoms with van der Waals surface area (Å²) in [6, 6.07) is 4.25. The molecule has 0 bridgehead atoms.